The molecule has 4 rings (SSSR count). The molecule has 1 aromatic heterocycles. The summed E-state index contributed by atoms with van der Waals surface area (Å²) >= 11 is 0. The van der Waals surface area contributed by atoms with Crippen molar-refractivity contribution in [2.45, 2.75) is 31.6 Å². The lowest BCUT2D eigenvalue weighted by Gasteiger charge is -2.30. The summed E-state index contributed by atoms with van der Waals surface area (Å²) in [4.78, 5) is 13.0. The summed E-state index contributed by atoms with van der Waals surface area (Å²) in [7, 11) is -3.80. The molecular weight excluding hydrogens is 452 g/mol. The zero-order valence-corrected chi connectivity index (χ0v) is 19.0. The van der Waals surface area contributed by atoms with Crippen LogP contribution < -0.4 is 5.32 Å². The summed E-state index contributed by atoms with van der Waals surface area (Å²) in [6.07, 6.45) is 0.524. The topological polar surface area (TPSA) is 92.5 Å². The monoisotopic (exact) mass is 475 g/mol. The molecule has 0 radical (unpaired) electrons. The molecule has 2 heterocycles. The predicted octanol–water partition coefficient (Wildman–Crippen LogP) is 4.28. The smallest absolute Gasteiger partial charge is 0.248 e. The first-order valence-corrected chi connectivity index (χ1v) is 11.9. The van der Waals surface area contributed by atoms with Gasteiger partial charge in [0.2, 0.25) is 15.9 Å². The first-order valence-electron chi connectivity index (χ1n) is 10.5. The highest BCUT2D eigenvalue weighted by Crippen LogP contribution is 2.33. The van der Waals surface area contributed by atoms with Crippen molar-refractivity contribution in [3.8, 4) is 11.1 Å². The number of aromatic nitrogens is 1. The van der Waals surface area contributed by atoms with Crippen LogP contribution in [0.1, 0.15) is 24.3 Å². The number of amides is 1. The lowest BCUT2D eigenvalue weighted by atomic mass is 9.96. The molecule has 10 heteroatoms. The zero-order chi connectivity index (χ0) is 23.8. The number of aryl methyl sites for hydroxylation is 2. The van der Waals surface area contributed by atoms with E-state index < -0.39 is 33.5 Å². The van der Waals surface area contributed by atoms with Gasteiger partial charge in [0.25, 0.3) is 0 Å². The molecule has 7 nitrogen and oxygen atoms in total. The van der Waals surface area contributed by atoms with E-state index in [2.05, 4.69) is 10.5 Å². The van der Waals surface area contributed by atoms with Gasteiger partial charge in [0.05, 0.1) is 5.69 Å². The van der Waals surface area contributed by atoms with Crippen LogP contribution >= 0.6 is 0 Å². The number of piperidine rings is 1. The normalized spacial score (nSPS) is 15.5. The molecule has 3 aromatic rings. The second kappa shape index (κ2) is 9.03. The first kappa shape index (κ1) is 23.1. The van der Waals surface area contributed by atoms with Crippen LogP contribution in [-0.4, -0.2) is 36.9 Å². The minimum absolute atomic E-state index is 0.0475. The molecule has 1 saturated heterocycles. The SMILES string of the molecule is Cc1noc(C)c1S(=O)(=O)N1CCC(C(=O)Nc2c(F)cc(F)cc2-c2ccccc2)CC1. The molecule has 33 heavy (non-hydrogen) atoms. The third-order valence-electron chi connectivity index (χ3n) is 5.78. The molecule has 1 N–H and O–H groups in total. The summed E-state index contributed by atoms with van der Waals surface area (Å²) in [5.74, 6) is -2.36. The standard InChI is InChI=1S/C23H23F2N3O4S/c1-14-22(15(2)32-27-14)33(30,31)28-10-8-17(9-11-28)23(29)26-21-19(12-18(24)13-20(21)25)16-6-4-3-5-7-16/h3-7,12-13,17H,8-11H2,1-2H3,(H,26,29). The van der Waals surface area contributed by atoms with E-state index in [-0.39, 0.29) is 53.5 Å². The Balaban J connectivity index is 1.50. The Labute approximate surface area is 190 Å². The lowest BCUT2D eigenvalue weighted by molar-refractivity contribution is -0.120. The second-order valence-corrected chi connectivity index (χ2v) is 9.87. The molecule has 174 valence electrons. The average molecular weight is 476 g/mol. The van der Waals surface area contributed by atoms with Gasteiger partial charge < -0.3 is 9.84 Å². The van der Waals surface area contributed by atoms with Crippen LogP contribution in [-0.2, 0) is 14.8 Å². The Kier molecular flexibility index (Phi) is 6.31. The maximum Gasteiger partial charge on any atom is 0.248 e. The van der Waals surface area contributed by atoms with E-state index in [1.165, 1.54) is 17.3 Å². The number of hydrogen-bond acceptors (Lipinski definition) is 5. The number of rotatable bonds is 5. The molecule has 0 aliphatic carbocycles. The summed E-state index contributed by atoms with van der Waals surface area (Å²) in [5.41, 5.74) is 0.984. The van der Waals surface area contributed by atoms with Crippen LogP contribution in [0.3, 0.4) is 0 Å². The largest absolute Gasteiger partial charge is 0.360 e. The Morgan fingerprint density at radius 3 is 2.39 bits per heavy atom. The zero-order valence-electron chi connectivity index (χ0n) is 18.1. The number of anilines is 1. The van der Waals surface area contributed by atoms with Crippen LogP contribution in [0.15, 0.2) is 51.9 Å². The van der Waals surface area contributed by atoms with E-state index in [4.69, 9.17) is 4.52 Å². The predicted molar refractivity (Wildman–Crippen MR) is 118 cm³/mol. The molecule has 0 bridgehead atoms. The van der Waals surface area contributed by atoms with Crippen LogP contribution in [0.5, 0.6) is 0 Å². The summed E-state index contributed by atoms with van der Waals surface area (Å²) in [5, 5.41) is 6.31. The number of halogens is 2. The molecule has 1 aliphatic heterocycles. The van der Waals surface area contributed by atoms with E-state index in [1.807, 2.05) is 0 Å². The van der Waals surface area contributed by atoms with Gasteiger partial charge in [-0.1, -0.05) is 35.5 Å². The second-order valence-electron chi connectivity index (χ2n) is 8.00. The molecule has 0 saturated carbocycles. The summed E-state index contributed by atoms with van der Waals surface area (Å²) < 4.78 is 60.7. The fourth-order valence-electron chi connectivity index (χ4n) is 4.10. The number of carbonyl (C=O) groups is 1. The van der Waals surface area contributed by atoms with Crippen molar-refractivity contribution in [1.29, 1.82) is 0 Å². The maximum absolute atomic E-state index is 14.6. The van der Waals surface area contributed by atoms with Crippen molar-refractivity contribution in [2.75, 3.05) is 18.4 Å². The molecular formula is C23H23F2N3O4S. The Hall–Kier alpha value is -3.11. The van der Waals surface area contributed by atoms with Crippen molar-refractivity contribution in [3.63, 3.8) is 0 Å². The number of nitrogens with zero attached hydrogens (tertiary/aromatic N) is 2. The minimum atomic E-state index is -3.80. The molecule has 1 aliphatic rings. The Morgan fingerprint density at radius 1 is 1.12 bits per heavy atom. The molecule has 0 unspecified atom stereocenters. The van der Waals surface area contributed by atoms with Gasteiger partial charge in [-0.15, -0.1) is 0 Å². The molecule has 0 spiro atoms. The number of carbonyl (C=O) groups excluding carboxylic acids is 1. The van der Waals surface area contributed by atoms with Crippen LogP contribution in [0.2, 0.25) is 0 Å². The highest BCUT2D eigenvalue weighted by atomic mass is 32.2. The van der Waals surface area contributed by atoms with Gasteiger partial charge in [-0.05, 0) is 38.3 Å². The van der Waals surface area contributed by atoms with Crippen LogP contribution in [0.4, 0.5) is 14.5 Å². The van der Waals surface area contributed by atoms with Crippen molar-refractivity contribution >= 4 is 21.6 Å². The first-order chi connectivity index (χ1) is 15.7. The molecule has 1 amide bonds. The number of benzene rings is 2. The van der Waals surface area contributed by atoms with Gasteiger partial charge >= 0.3 is 0 Å². The summed E-state index contributed by atoms with van der Waals surface area (Å²) in [6, 6.07) is 10.5. The number of sulfonamides is 1. The third-order valence-corrected chi connectivity index (χ3v) is 7.92. The summed E-state index contributed by atoms with van der Waals surface area (Å²) in [6.45, 7) is 3.35. The van der Waals surface area contributed by atoms with Gasteiger partial charge in [-0.3, -0.25) is 4.79 Å². The Morgan fingerprint density at radius 2 is 1.79 bits per heavy atom. The fraction of sp³-hybridized carbons (Fsp3) is 0.304. The van der Waals surface area contributed by atoms with Gasteiger partial charge in [0.15, 0.2) is 5.76 Å². The van der Waals surface area contributed by atoms with E-state index in [0.29, 0.717) is 5.56 Å². The van der Waals surface area contributed by atoms with Gasteiger partial charge in [-0.2, -0.15) is 4.31 Å². The van der Waals surface area contributed by atoms with E-state index in [0.717, 1.165) is 6.07 Å². The molecule has 1 fully saturated rings. The Bertz CT molecular complexity index is 1270. The lowest BCUT2D eigenvalue weighted by Crippen LogP contribution is -2.41. The van der Waals surface area contributed by atoms with Crippen molar-refractivity contribution < 1.29 is 26.5 Å². The van der Waals surface area contributed by atoms with Crippen LogP contribution in [0, 0.1) is 31.4 Å². The van der Waals surface area contributed by atoms with E-state index >= 15 is 0 Å². The molecule has 2 aromatic carbocycles. The van der Waals surface area contributed by atoms with Crippen molar-refractivity contribution in [2.24, 2.45) is 5.92 Å². The number of nitrogens with one attached hydrogen (secondary N) is 1. The average Bonchev–Trinajstić information content (AvgIpc) is 3.14. The van der Waals surface area contributed by atoms with Gasteiger partial charge in [0.1, 0.15) is 22.2 Å². The van der Waals surface area contributed by atoms with Gasteiger partial charge in [-0.25, -0.2) is 17.2 Å². The van der Waals surface area contributed by atoms with Crippen molar-refractivity contribution in [1.82, 2.24) is 9.46 Å². The van der Waals surface area contributed by atoms with Gasteiger partial charge in [0, 0.05) is 30.6 Å². The van der Waals surface area contributed by atoms with E-state index in [1.54, 1.807) is 37.3 Å². The highest BCUT2D eigenvalue weighted by molar-refractivity contribution is 7.89. The highest BCUT2D eigenvalue weighted by Gasteiger charge is 2.35. The minimum Gasteiger partial charge on any atom is -0.360 e. The van der Waals surface area contributed by atoms with E-state index in [9.17, 15) is 22.0 Å². The maximum atomic E-state index is 14.6. The fourth-order valence-corrected chi connectivity index (χ4v) is 5.86. The quantitative estimate of drug-likeness (QED) is 0.595. The van der Waals surface area contributed by atoms with Crippen LogP contribution in [0.25, 0.3) is 11.1 Å². The third kappa shape index (κ3) is 4.53. The number of hydrogen-bond donors (Lipinski definition) is 1. The van der Waals surface area contributed by atoms with Crippen molar-refractivity contribution in [3.05, 3.63) is 65.6 Å². The molecule has 0 atom stereocenters.